The molecule has 0 saturated heterocycles. The lowest BCUT2D eigenvalue weighted by molar-refractivity contribution is 0.0951. The molecule has 27 heavy (non-hydrogen) atoms. The maximum Gasteiger partial charge on any atom is 0.255 e. The first-order chi connectivity index (χ1) is 13.2. The second kappa shape index (κ2) is 8.62. The summed E-state index contributed by atoms with van der Waals surface area (Å²) in [6, 6.07) is 17.4. The van der Waals surface area contributed by atoms with Gasteiger partial charge in [0, 0.05) is 30.1 Å². The van der Waals surface area contributed by atoms with Gasteiger partial charge in [0.1, 0.15) is 5.75 Å². The van der Waals surface area contributed by atoms with Crippen LogP contribution in [0.1, 0.15) is 26.3 Å². The van der Waals surface area contributed by atoms with Crippen molar-refractivity contribution in [1.82, 2.24) is 10.3 Å². The molecule has 0 radical (unpaired) electrons. The number of hydrogen-bond acceptors (Lipinski definition) is 4. The van der Waals surface area contributed by atoms with Crippen molar-refractivity contribution in [2.75, 3.05) is 12.4 Å². The van der Waals surface area contributed by atoms with E-state index in [4.69, 9.17) is 4.74 Å². The number of methoxy groups -OCH3 is 1. The predicted molar refractivity (Wildman–Crippen MR) is 103 cm³/mol. The van der Waals surface area contributed by atoms with Crippen molar-refractivity contribution in [1.29, 1.82) is 0 Å². The Kier molecular flexibility index (Phi) is 5.79. The Balaban J connectivity index is 1.69. The quantitative estimate of drug-likeness (QED) is 0.706. The van der Waals surface area contributed by atoms with Crippen LogP contribution in [0.5, 0.6) is 5.75 Å². The SMILES string of the molecule is COc1ccccc1NC(=O)c1cccc(C(=O)NCc2cccnc2)c1. The van der Waals surface area contributed by atoms with Crippen LogP contribution in [0.2, 0.25) is 0 Å². The Morgan fingerprint density at radius 2 is 1.74 bits per heavy atom. The lowest BCUT2D eigenvalue weighted by Crippen LogP contribution is -2.23. The van der Waals surface area contributed by atoms with Gasteiger partial charge in [-0.05, 0) is 42.0 Å². The summed E-state index contributed by atoms with van der Waals surface area (Å²) in [4.78, 5) is 28.9. The van der Waals surface area contributed by atoms with Crippen LogP contribution >= 0.6 is 0 Å². The molecule has 136 valence electrons. The molecule has 2 aromatic carbocycles. The van der Waals surface area contributed by atoms with E-state index in [1.807, 2.05) is 18.2 Å². The van der Waals surface area contributed by atoms with E-state index in [2.05, 4.69) is 15.6 Å². The van der Waals surface area contributed by atoms with Crippen molar-refractivity contribution in [3.05, 3.63) is 89.7 Å². The summed E-state index contributed by atoms with van der Waals surface area (Å²) in [5.41, 5.74) is 2.26. The van der Waals surface area contributed by atoms with Gasteiger partial charge in [-0.15, -0.1) is 0 Å². The molecule has 0 unspecified atom stereocenters. The molecule has 0 fully saturated rings. The first kappa shape index (κ1) is 18.1. The zero-order chi connectivity index (χ0) is 19.1. The van der Waals surface area contributed by atoms with Gasteiger partial charge in [-0.25, -0.2) is 0 Å². The molecule has 0 aliphatic heterocycles. The fourth-order valence-electron chi connectivity index (χ4n) is 2.53. The molecule has 0 bridgehead atoms. The summed E-state index contributed by atoms with van der Waals surface area (Å²) in [5.74, 6) is -0.0107. The molecule has 3 aromatic rings. The van der Waals surface area contributed by atoms with Crippen LogP contribution in [0.15, 0.2) is 73.1 Å². The molecule has 6 heteroatoms. The largest absolute Gasteiger partial charge is 0.495 e. The normalized spacial score (nSPS) is 10.1. The van der Waals surface area contributed by atoms with E-state index in [1.54, 1.807) is 54.9 Å². The van der Waals surface area contributed by atoms with Gasteiger partial charge in [-0.3, -0.25) is 14.6 Å². The summed E-state index contributed by atoms with van der Waals surface area (Å²) < 4.78 is 5.23. The Labute approximate surface area is 157 Å². The third-order valence-electron chi connectivity index (χ3n) is 3.92. The molecule has 3 rings (SSSR count). The first-order valence-electron chi connectivity index (χ1n) is 8.39. The summed E-state index contributed by atoms with van der Waals surface area (Å²) in [5, 5.41) is 5.62. The molecule has 0 aliphatic rings. The molecule has 1 aromatic heterocycles. The van der Waals surface area contributed by atoms with Gasteiger partial charge < -0.3 is 15.4 Å². The monoisotopic (exact) mass is 361 g/mol. The number of anilines is 1. The van der Waals surface area contributed by atoms with Gasteiger partial charge >= 0.3 is 0 Å². The van der Waals surface area contributed by atoms with E-state index in [0.29, 0.717) is 29.1 Å². The highest BCUT2D eigenvalue weighted by molar-refractivity contribution is 6.06. The standard InChI is InChI=1S/C21H19N3O3/c1-27-19-10-3-2-9-18(19)24-21(26)17-8-4-7-16(12-17)20(25)23-14-15-6-5-11-22-13-15/h2-13H,14H2,1H3,(H,23,25)(H,24,26). The number of nitrogens with one attached hydrogen (secondary N) is 2. The van der Waals surface area contributed by atoms with E-state index in [0.717, 1.165) is 5.56 Å². The van der Waals surface area contributed by atoms with Gasteiger partial charge in [-0.2, -0.15) is 0 Å². The lowest BCUT2D eigenvalue weighted by atomic mass is 10.1. The fraction of sp³-hybridized carbons (Fsp3) is 0.0952. The molecule has 0 saturated carbocycles. The van der Waals surface area contributed by atoms with Gasteiger partial charge in [0.2, 0.25) is 0 Å². The van der Waals surface area contributed by atoms with Gasteiger partial charge in [0.15, 0.2) is 0 Å². The number of ether oxygens (including phenoxy) is 1. The summed E-state index contributed by atoms with van der Waals surface area (Å²) >= 11 is 0. The second-order valence-corrected chi connectivity index (χ2v) is 5.78. The Morgan fingerprint density at radius 3 is 2.48 bits per heavy atom. The topological polar surface area (TPSA) is 80.3 Å². The smallest absolute Gasteiger partial charge is 0.255 e. The number of rotatable bonds is 6. The number of amides is 2. The minimum absolute atomic E-state index is 0.259. The Morgan fingerprint density at radius 1 is 0.963 bits per heavy atom. The molecule has 6 nitrogen and oxygen atoms in total. The number of pyridine rings is 1. The third kappa shape index (κ3) is 4.70. The second-order valence-electron chi connectivity index (χ2n) is 5.78. The minimum Gasteiger partial charge on any atom is -0.495 e. The number of carbonyl (C=O) groups excluding carboxylic acids is 2. The zero-order valence-corrected chi connectivity index (χ0v) is 14.8. The van der Waals surface area contributed by atoms with Crippen molar-refractivity contribution < 1.29 is 14.3 Å². The Bertz CT molecular complexity index is 942. The van der Waals surface area contributed by atoms with E-state index in [-0.39, 0.29) is 11.8 Å². The van der Waals surface area contributed by atoms with Crippen LogP contribution in [0, 0.1) is 0 Å². The van der Waals surface area contributed by atoms with Crippen molar-refractivity contribution in [2.24, 2.45) is 0 Å². The minimum atomic E-state index is -0.318. The van der Waals surface area contributed by atoms with Crippen LogP contribution in [-0.4, -0.2) is 23.9 Å². The van der Waals surface area contributed by atoms with E-state index < -0.39 is 0 Å². The number of aromatic nitrogens is 1. The van der Waals surface area contributed by atoms with E-state index in [1.165, 1.54) is 7.11 Å². The number of para-hydroxylation sites is 2. The van der Waals surface area contributed by atoms with Crippen molar-refractivity contribution in [3.63, 3.8) is 0 Å². The highest BCUT2D eigenvalue weighted by Crippen LogP contribution is 2.23. The molecule has 0 atom stereocenters. The van der Waals surface area contributed by atoms with Crippen LogP contribution in [0.25, 0.3) is 0 Å². The molecular formula is C21H19N3O3. The number of benzene rings is 2. The van der Waals surface area contributed by atoms with E-state index in [9.17, 15) is 9.59 Å². The van der Waals surface area contributed by atoms with Crippen molar-refractivity contribution >= 4 is 17.5 Å². The van der Waals surface area contributed by atoms with Crippen LogP contribution in [0.4, 0.5) is 5.69 Å². The Hall–Kier alpha value is -3.67. The highest BCUT2D eigenvalue weighted by Gasteiger charge is 2.12. The predicted octanol–water partition coefficient (Wildman–Crippen LogP) is 3.27. The number of nitrogens with zero attached hydrogens (tertiary/aromatic N) is 1. The van der Waals surface area contributed by atoms with Crippen LogP contribution in [0.3, 0.4) is 0 Å². The average molecular weight is 361 g/mol. The molecule has 2 N–H and O–H groups in total. The van der Waals surface area contributed by atoms with Gasteiger partial charge in [0.05, 0.1) is 12.8 Å². The maximum absolute atomic E-state index is 12.5. The highest BCUT2D eigenvalue weighted by atomic mass is 16.5. The first-order valence-corrected chi connectivity index (χ1v) is 8.39. The summed E-state index contributed by atoms with van der Waals surface area (Å²) in [7, 11) is 1.54. The van der Waals surface area contributed by atoms with Gasteiger partial charge in [-0.1, -0.05) is 24.3 Å². The van der Waals surface area contributed by atoms with Crippen molar-refractivity contribution in [3.8, 4) is 5.75 Å². The van der Waals surface area contributed by atoms with Gasteiger partial charge in [0.25, 0.3) is 11.8 Å². The fourth-order valence-corrected chi connectivity index (χ4v) is 2.53. The maximum atomic E-state index is 12.5. The zero-order valence-electron chi connectivity index (χ0n) is 14.8. The summed E-state index contributed by atoms with van der Waals surface area (Å²) in [6.45, 7) is 0.365. The molecule has 1 heterocycles. The molecule has 2 amide bonds. The van der Waals surface area contributed by atoms with Crippen molar-refractivity contribution in [2.45, 2.75) is 6.54 Å². The van der Waals surface area contributed by atoms with Crippen LogP contribution in [-0.2, 0) is 6.54 Å². The number of carbonyl (C=O) groups is 2. The molecule has 0 spiro atoms. The lowest BCUT2D eigenvalue weighted by Gasteiger charge is -2.10. The number of hydrogen-bond donors (Lipinski definition) is 2. The van der Waals surface area contributed by atoms with Crippen LogP contribution < -0.4 is 15.4 Å². The molecule has 0 aliphatic carbocycles. The average Bonchev–Trinajstić information content (AvgIpc) is 2.73. The third-order valence-corrected chi connectivity index (χ3v) is 3.92. The molecular weight excluding hydrogens is 342 g/mol. The summed E-state index contributed by atoms with van der Waals surface area (Å²) in [6.07, 6.45) is 3.37. The van der Waals surface area contributed by atoms with E-state index >= 15 is 0 Å².